The molecule has 0 N–H and O–H groups in total. The zero-order valence-electron chi connectivity index (χ0n) is 11.5. The normalized spacial score (nSPS) is 20.4. The van der Waals surface area contributed by atoms with Crippen molar-refractivity contribution < 1.29 is 4.52 Å². The molecule has 7 heteroatoms. The summed E-state index contributed by atoms with van der Waals surface area (Å²) in [5.41, 5.74) is 1.15. The third kappa shape index (κ3) is 2.55. The molecule has 0 bridgehead atoms. The highest BCUT2D eigenvalue weighted by molar-refractivity contribution is 9.10. The van der Waals surface area contributed by atoms with Crippen molar-refractivity contribution >= 4 is 21.6 Å². The number of halogens is 1. The molecule has 1 aliphatic rings. The molecule has 0 saturated carbocycles. The summed E-state index contributed by atoms with van der Waals surface area (Å²) in [6.45, 7) is 4.57. The van der Waals surface area contributed by atoms with Crippen molar-refractivity contribution in [2.75, 3.05) is 31.6 Å². The number of likely N-dealkylation sites (N-methyl/N-ethyl adjacent to an activating group) is 1. The lowest BCUT2D eigenvalue weighted by Crippen LogP contribution is -2.47. The van der Waals surface area contributed by atoms with Crippen LogP contribution in [0.4, 0.5) is 5.69 Å². The van der Waals surface area contributed by atoms with Crippen molar-refractivity contribution in [2.45, 2.75) is 13.0 Å². The summed E-state index contributed by atoms with van der Waals surface area (Å²) >= 11 is 3.56. The summed E-state index contributed by atoms with van der Waals surface area (Å²) in [5.74, 6) is 1.36. The Hall–Kier alpha value is -1.47. The van der Waals surface area contributed by atoms with Crippen LogP contribution in [0.3, 0.4) is 0 Å². The van der Waals surface area contributed by atoms with Crippen LogP contribution in [0.1, 0.15) is 17.8 Å². The second-order valence-electron chi connectivity index (χ2n) is 4.95. The quantitative estimate of drug-likeness (QED) is 0.835. The molecule has 2 aromatic heterocycles. The molecule has 0 aromatic carbocycles. The zero-order chi connectivity index (χ0) is 14.1. The first-order valence-electron chi connectivity index (χ1n) is 6.50. The van der Waals surface area contributed by atoms with Crippen molar-refractivity contribution in [3.8, 4) is 0 Å². The highest BCUT2D eigenvalue weighted by atomic mass is 79.9. The number of aromatic nitrogens is 3. The highest BCUT2D eigenvalue weighted by Gasteiger charge is 2.30. The molecular weight excluding hydrogens is 322 g/mol. The van der Waals surface area contributed by atoms with Gasteiger partial charge in [-0.15, -0.1) is 0 Å². The first-order chi connectivity index (χ1) is 9.65. The Morgan fingerprint density at radius 2 is 2.25 bits per heavy atom. The maximum atomic E-state index is 5.34. The molecule has 3 heterocycles. The topological polar surface area (TPSA) is 58.3 Å². The van der Waals surface area contributed by atoms with E-state index in [4.69, 9.17) is 4.52 Å². The Bertz CT molecular complexity index is 602. The molecule has 1 aliphatic heterocycles. The van der Waals surface area contributed by atoms with Crippen LogP contribution >= 0.6 is 15.9 Å². The molecule has 106 valence electrons. The fourth-order valence-electron chi connectivity index (χ4n) is 2.43. The Balaban J connectivity index is 1.85. The van der Waals surface area contributed by atoms with E-state index in [1.807, 2.05) is 25.4 Å². The highest BCUT2D eigenvalue weighted by Crippen LogP contribution is 2.30. The van der Waals surface area contributed by atoms with E-state index in [-0.39, 0.29) is 6.04 Å². The molecule has 20 heavy (non-hydrogen) atoms. The van der Waals surface area contributed by atoms with Crippen molar-refractivity contribution in [3.05, 3.63) is 34.6 Å². The average molecular weight is 338 g/mol. The summed E-state index contributed by atoms with van der Waals surface area (Å²) in [5, 5.41) is 3.89. The molecule has 6 nitrogen and oxygen atoms in total. The van der Waals surface area contributed by atoms with Crippen LogP contribution in [-0.2, 0) is 0 Å². The van der Waals surface area contributed by atoms with E-state index in [0.717, 1.165) is 29.8 Å². The minimum Gasteiger partial charge on any atom is -0.367 e. The molecule has 2 aromatic rings. The number of nitrogens with zero attached hydrogens (tertiary/aromatic N) is 5. The molecule has 3 rings (SSSR count). The van der Waals surface area contributed by atoms with Crippen LogP contribution in [0.5, 0.6) is 0 Å². The maximum absolute atomic E-state index is 5.34. The van der Waals surface area contributed by atoms with E-state index in [0.29, 0.717) is 11.7 Å². The van der Waals surface area contributed by atoms with Gasteiger partial charge < -0.3 is 9.42 Å². The largest absolute Gasteiger partial charge is 0.367 e. The SMILES string of the molecule is Cc1noc([C@@H]2CN(c3ccncc3Br)CCN2C)n1. The van der Waals surface area contributed by atoms with E-state index in [2.05, 4.69) is 47.9 Å². The van der Waals surface area contributed by atoms with Gasteiger partial charge in [-0.25, -0.2) is 0 Å². The Labute approximate surface area is 125 Å². The smallest absolute Gasteiger partial charge is 0.245 e. The van der Waals surface area contributed by atoms with Gasteiger partial charge in [-0.2, -0.15) is 4.98 Å². The second-order valence-corrected chi connectivity index (χ2v) is 5.80. The summed E-state index contributed by atoms with van der Waals surface area (Å²) in [7, 11) is 2.09. The van der Waals surface area contributed by atoms with Crippen molar-refractivity contribution in [2.24, 2.45) is 0 Å². The summed E-state index contributed by atoms with van der Waals surface area (Å²) in [6.07, 6.45) is 3.63. The van der Waals surface area contributed by atoms with Gasteiger partial charge in [0.2, 0.25) is 5.89 Å². The van der Waals surface area contributed by atoms with Gasteiger partial charge in [-0.1, -0.05) is 5.16 Å². The predicted molar refractivity (Wildman–Crippen MR) is 78.6 cm³/mol. The molecule has 0 unspecified atom stereocenters. The molecule has 0 aliphatic carbocycles. The second kappa shape index (κ2) is 5.49. The zero-order valence-corrected chi connectivity index (χ0v) is 13.0. The van der Waals surface area contributed by atoms with Crippen LogP contribution in [0, 0.1) is 6.92 Å². The van der Waals surface area contributed by atoms with Gasteiger partial charge in [0.1, 0.15) is 6.04 Å². The lowest BCUT2D eigenvalue weighted by molar-refractivity contribution is 0.177. The monoisotopic (exact) mass is 337 g/mol. The molecule has 0 radical (unpaired) electrons. The number of piperazine rings is 1. The number of aryl methyl sites for hydroxylation is 1. The standard InChI is InChI=1S/C13H16BrN5O/c1-9-16-13(20-17-9)12-8-19(6-5-18(12)2)11-3-4-15-7-10(11)14/h3-4,7,12H,5-6,8H2,1-2H3/t12-/m0/s1. The third-order valence-electron chi connectivity index (χ3n) is 3.57. The van der Waals surface area contributed by atoms with E-state index in [1.165, 1.54) is 0 Å². The van der Waals surface area contributed by atoms with E-state index in [1.54, 1.807) is 0 Å². The van der Waals surface area contributed by atoms with Gasteiger partial charge in [-0.3, -0.25) is 9.88 Å². The molecule has 1 atom stereocenters. The molecular formula is C13H16BrN5O. The van der Waals surface area contributed by atoms with Gasteiger partial charge >= 0.3 is 0 Å². The van der Waals surface area contributed by atoms with Gasteiger partial charge in [0, 0.05) is 32.0 Å². The molecule has 0 spiro atoms. The number of pyridine rings is 1. The van der Waals surface area contributed by atoms with Crippen molar-refractivity contribution in [3.63, 3.8) is 0 Å². The fraction of sp³-hybridized carbons (Fsp3) is 0.462. The molecule has 0 amide bonds. The van der Waals surface area contributed by atoms with Crippen molar-refractivity contribution in [1.29, 1.82) is 0 Å². The number of hydrogen-bond donors (Lipinski definition) is 0. The van der Waals surface area contributed by atoms with Crippen molar-refractivity contribution in [1.82, 2.24) is 20.0 Å². The van der Waals surface area contributed by atoms with Crippen LogP contribution in [0.15, 0.2) is 27.5 Å². The van der Waals surface area contributed by atoms with Gasteiger partial charge in [-0.05, 0) is 36.0 Å². The summed E-state index contributed by atoms with van der Waals surface area (Å²) in [4.78, 5) is 13.0. The number of rotatable bonds is 2. The van der Waals surface area contributed by atoms with E-state index in [9.17, 15) is 0 Å². The van der Waals surface area contributed by atoms with Gasteiger partial charge in [0.25, 0.3) is 0 Å². The van der Waals surface area contributed by atoms with Gasteiger partial charge in [0.15, 0.2) is 5.82 Å². The first-order valence-corrected chi connectivity index (χ1v) is 7.29. The minimum absolute atomic E-state index is 0.116. The van der Waals surface area contributed by atoms with E-state index >= 15 is 0 Å². The van der Waals surface area contributed by atoms with E-state index < -0.39 is 0 Å². The Morgan fingerprint density at radius 1 is 1.40 bits per heavy atom. The Kier molecular flexibility index (Phi) is 3.71. The summed E-state index contributed by atoms with van der Waals surface area (Å²) in [6, 6.07) is 2.14. The van der Waals surface area contributed by atoms with Crippen LogP contribution in [0.2, 0.25) is 0 Å². The van der Waals surface area contributed by atoms with Crippen LogP contribution in [-0.4, -0.2) is 46.7 Å². The predicted octanol–water partition coefficient (Wildman–Crippen LogP) is 2.03. The van der Waals surface area contributed by atoms with Crippen LogP contribution in [0.25, 0.3) is 0 Å². The lowest BCUT2D eigenvalue weighted by atomic mass is 10.1. The first kappa shape index (κ1) is 13.5. The van der Waals surface area contributed by atoms with Gasteiger partial charge in [0.05, 0.1) is 10.2 Å². The average Bonchev–Trinajstić information content (AvgIpc) is 2.87. The lowest BCUT2D eigenvalue weighted by Gasteiger charge is -2.39. The molecule has 1 saturated heterocycles. The van der Waals surface area contributed by atoms with Crippen LogP contribution < -0.4 is 4.90 Å². The minimum atomic E-state index is 0.116. The number of hydrogen-bond acceptors (Lipinski definition) is 6. The Morgan fingerprint density at radius 3 is 2.95 bits per heavy atom. The molecule has 1 fully saturated rings. The number of anilines is 1. The fourth-order valence-corrected chi connectivity index (χ4v) is 2.93. The summed E-state index contributed by atoms with van der Waals surface area (Å²) < 4.78 is 6.34. The maximum Gasteiger partial charge on any atom is 0.245 e. The third-order valence-corrected chi connectivity index (χ3v) is 4.18.